The number of halogens is 1. The molecule has 3 unspecified atom stereocenters. The van der Waals surface area contributed by atoms with E-state index in [-0.39, 0.29) is 18.1 Å². The van der Waals surface area contributed by atoms with Crippen LogP contribution in [0.15, 0.2) is 24.3 Å². The number of carbonyl (C=O) groups excluding carboxylic acids is 1. The summed E-state index contributed by atoms with van der Waals surface area (Å²) in [6.07, 6.45) is 3.07. The fourth-order valence-electron chi connectivity index (χ4n) is 2.37. The van der Waals surface area contributed by atoms with Gasteiger partial charge >= 0.3 is 0 Å². The van der Waals surface area contributed by atoms with Crippen LogP contribution in [0.4, 0.5) is 0 Å². The van der Waals surface area contributed by atoms with Gasteiger partial charge in [0.15, 0.2) is 0 Å². The molecule has 110 valence electrons. The molecule has 1 saturated heterocycles. The summed E-state index contributed by atoms with van der Waals surface area (Å²) in [5.74, 6) is 0.179. The molecule has 1 aliphatic heterocycles. The molecule has 1 aromatic carbocycles. The largest absolute Gasteiger partial charge is 0.322 e. The van der Waals surface area contributed by atoms with E-state index in [0.717, 1.165) is 18.5 Å². The number of nitrogens with one attached hydrogen (secondary N) is 1. The van der Waals surface area contributed by atoms with Crippen LogP contribution in [-0.2, 0) is 4.79 Å². The predicted molar refractivity (Wildman–Crippen MR) is 86.1 cm³/mol. The van der Waals surface area contributed by atoms with Crippen molar-refractivity contribution in [3.63, 3.8) is 0 Å². The maximum absolute atomic E-state index is 12.3. The molecule has 5 heteroatoms. The minimum atomic E-state index is -0.125. The number of benzene rings is 1. The van der Waals surface area contributed by atoms with Crippen LogP contribution >= 0.6 is 23.4 Å². The smallest absolute Gasteiger partial charge is 0.241 e. The highest BCUT2D eigenvalue weighted by Gasteiger charge is 2.36. The fraction of sp³-hybridized carbons (Fsp3) is 0.533. The standard InChI is InChI=1S/C15H21ClN2OS/c1-10(20-3)8-9-18-14(17-11(2)15(18)19)12-4-6-13(16)7-5-12/h4-7,10-11,14,17H,8-9H2,1-3H3. The Bertz CT molecular complexity index is 465. The van der Waals surface area contributed by atoms with E-state index in [9.17, 15) is 4.79 Å². The van der Waals surface area contributed by atoms with Crippen molar-refractivity contribution in [1.29, 1.82) is 0 Å². The van der Waals surface area contributed by atoms with Gasteiger partial charge in [0.2, 0.25) is 5.91 Å². The lowest BCUT2D eigenvalue weighted by atomic mass is 10.1. The van der Waals surface area contributed by atoms with Gasteiger partial charge in [0.1, 0.15) is 6.17 Å². The van der Waals surface area contributed by atoms with Gasteiger partial charge in [0.25, 0.3) is 0 Å². The van der Waals surface area contributed by atoms with E-state index in [1.165, 1.54) is 0 Å². The highest BCUT2D eigenvalue weighted by Crippen LogP contribution is 2.27. The first-order valence-corrected chi connectivity index (χ1v) is 8.54. The number of carbonyl (C=O) groups is 1. The van der Waals surface area contributed by atoms with Gasteiger partial charge < -0.3 is 4.90 Å². The summed E-state index contributed by atoms with van der Waals surface area (Å²) < 4.78 is 0. The Labute approximate surface area is 130 Å². The molecule has 0 radical (unpaired) electrons. The molecule has 20 heavy (non-hydrogen) atoms. The lowest BCUT2D eigenvalue weighted by Crippen LogP contribution is -2.32. The molecule has 1 N–H and O–H groups in total. The fourth-order valence-corrected chi connectivity index (χ4v) is 2.84. The zero-order valence-electron chi connectivity index (χ0n) is 12.1. The van der Waals surface area contributed by atoms with E-state index < -0.39 is 0 Å². The van der Waals surface area contributed by atoms with Crippen LogP contribution in [0.3, 0.4) is 0 Å². The number of hydrogen-bond acceptors (Lipinski definition) is 3. The molecule has 0 aromatic heterocycles. The van der Waals surface area contributed by atoms with E-state index in [4.69, 9.17) is 11.6 Å². The third-order valence-corrected chi connectivity index (χ3v) is 5.03. The van der Waals surface area contributed by atoms with Gasteiger partial charge in [-0.1, -0.05) is 30.7 Å². The second-order valence-electron chi connectivity index (χ2n) is 5.21. The molecule has 1 heterocycles. The third kappa shape index (κ3) is 3.48. The Kier molecular flexibility index (Phi) is 5.35. The third-order valence-electron chi connectivity index (χ3n) is 3.74. The lowest BCUT2D eigenvalue weighted by molar-refractivity contribution is -0.129. The molecule has 1 fully saturated rings. The topological polar surface area (TPSA) is 32.3 Å². The monoisotopic (exact) mass is 312 g/mol. The zero-order valence-corrected chi connectivity index (χ0v) is 13.7. The minimum absolute atomic E-state index is 0.0381. The van der Waals surface area contributed by atoms with Crippen molar-refractivity contribution in [2.24, 2.45) is 0 Å². The second-order valence-corrected chi connectivity index (χ2v) is 6.92. The molecule has 0 spiro atoms. The van der Waals surface area contributed by atoms with Gasteiger partial charge in [-0.2, -0.15) is 11.8 Å². The van der Waals surface area contributed by atoms with Crippen molar-refractivity contribution in [3.8, 4) is 0 Å². The van der Waals surface area contributed by atoms with Gasteiger partial charge in [-0.05, 0) is 37.3 Å². The Morgan fingerprint density at radius 1 is 1.40 bits per heavy atom. The summed E-state index contributed by atoms with van der Waals surface area (Å²) >= 11 is 7.76. The summed E-state index contributed by atoms with van der Waals surface area (Å²) in [4.78, 5) is 14.2. The number of amides is 1. The first kappa shape index (κ1) is 15.7. The Morgan fingerprint density at radius 2 is 2.05 bits per heavy atom. The van der Waals surface area contributed by atoms with Crippen LogP contribution in [0.1, 0.15) is 32.0 Å². The molecule has 1 aliphatic rings. The average Bonchev–Trinajstić information content (AvgIpc) is 2.73. The van der Waals surface area contributed by atoms with Crippen molar-refractivity contribution in [2.75, 3.05) is 12.8 Å². The summed E-state index contributed by atoms with van der Waals surface area (Å²) in [6.45, 7) is 4.90. The van der Waals surface area contributed by atoms with E-state index in [1.807, 2.05) is 47.9 Å². The van der Waals surface area contributed by atoms with Gasteiger partial charge in [-0.15, -0.1) is 0 Å². The van der Waals surface area contributed by atoms with Crippen molar-refractivity contribution in [2.45, 2.75) is 37.7 Å². The van der Waals surface area contributed by atoms with Crippen LogP contribution in [-0.4, -0.2) is 34.9 Å². The summed E-state index contributed by atoms with van der Waals surface area (Å²) in [5, 5.41) is 4.63. The Morgan fingerprint density at radius 3 is 2.65 bits per heavy atom. The number of thioether (sulfide) groups is 1. The molecule has 3 nitrogen and oxygen atoms in total. The van der Waals surface area contributed by atoms with Gasteiger partial charge in [-0.25, -0.2) is 0 Å². The van der Waals surface area contributed by atoms with Crippen molar-refractivity contribution in [1.82, 2.24) is 10.2 Å². The first-order chi connectivity index (χ1) is 9.52. The number of rotatable bonds is 5. The normalized spacial score (nSPS) is 24.2. The van der Waals surface area contributed by atoms with Crippen molar-refractivity contribution < 1.29 is 4.79 Å². The van der Waals surface area contributed by atoms with Crippen LogP contribution in [0.25, 0.3) is 0 Å². The summed E-state index contributed by atoms with van der Waals surface area (Å²) in [6, 6.07) is 7.58. The predicted octanol–water partition coefficient (Wildman–Crippen LogP) is 3.30. The first-order valence-electron chi connectivity index (χ1n) is 6.87. The second kappa shape index (κ2) is 6.83. The molecule has 1 aromatic rings. The highest BCUT2D eigenvalue weighted by atomic mass is 35.5. The van der Waals surface area contributed by atoms with Crippen molar-refractivity contribution in [3.05, 3.63) is 34.9 Å². The minimum Gasteiger partial charge on any atom is -0.322 e. The van der Waals surface area contributed by atoms with E-state index >= 15 is 0 Å². The van der Waals surface area contributed by atoms with Crippen molar-refractivity contribution >= 4 is 29.3 Å². The van der Waals surface area contributed by atoms with Crippen LogP contribution < -0.4 is 5.32 Å². The Hall–Kier alpha value is -0.710. The van der Waals surface area contributed by atoms with E-state index in [0.29, 0.717) is 10.3 Å². The molecule has 0 bridgehead atoms. The van der Waals surface area contributed by atoms with Gasteiger partial charge in [0, 0.05) is 16.8 Å². The van der Waals surface area contributed by atoms with E-state index in [2.05, 4.69) is 18.5 Å². The van der Waals surface area contributed by atoms with Crippen LogP contribution in [0, 0.1) is 0 Å². The summed E-state index contributed by atoms with van der Waals surface area (Å²) in [7, 11) is 0. The van der Waals surface area contributed by atoms with E-state index in [1.54, 1.807) is 0 Å². The van der Waals surface area contributed by atoms with Crippen LogP contribution in [0.2, 0.25) is 5.02 Å². The molecule has 3 atom stereocenters. The molecule has 2 rings (SSSR count). The van der Waals surface area contributed by atoms with Gasteiger partial charge in [0.05, 0.1) is 6.04 Å². The molecule has 1 amide bonds. The Balaban J connectivity index is 2.13. The summed E-state index contributed by atoms with van der Waals surface area (Å²) in [5.41, 5.74) is 1.09. The quantitative estimate of drug-likeness (QED) is 0.905. The molecular weight excluding hydrogens is 292 g/mol. The highest BCUT2D eigenvalue weighted by molar-refractivity contribution is 7.99. The zero-order chi connectivity index (χ0) is 14.7. The average molecular weight is 313 g/mol. The SMILES string of the molecule is CSC(C)CCN1C(=O)C(C)NC1c1ccc(Cl)cc1. The van der Waals surface area contributed by atoms with Crippen LogP contribution in [0.5, 0.6) is 0 Å². The lowest BCUT2D eigenvalue weighted by Gasteiger charge is -2.25. The van der Waals surface area contributed by atoms with Gasteiger partial charge in [-0.3, -0.25) is 10.1 Å². The maximum Gasteiger partial charge on any atom is 0.241 e. The molecular formula is C15H21ClN2OS. The number of hydrogen-bond donors (Lipinski definition) is 1. The number of nitrogens with zero attached hydrogens (tertiary/aromatic N) is 1. The molecule has 0 saturated carbocycles. The molecule has 0 aliphatic carbocycles. The maximum atomic E-state index is 12.3.